The van der Waals surface area contributed by atoms with E-state index in [0.29, 0.717) is 13.1 Å². The SMILES string of the molecule is Cc1ccc(CN2C[C@@H](C(=O)Nc3ccccc3N3CCCC3)CC2=O)cc1. The van der Waals surface area contributed by atoms with Crippen molar-refractivity contribution in [3.05, 3.63) is 59.7 Å². The molecule has 2 aromatic carbocycles. The van der Waals surface area contributed by atoms with Gasteiger partial charge in [-0.3, -0.25) is 9.59 Å². The fourth-order valence-corrected chi connectivity index (χ4v) is 4.06. The van der Waals surface area contributed by atoms with Gasteiger partial charge in [0.05, 0.1) is 17.3 Å². The number of hydrogen-bond acceptors (Lipinski definition) is 3. The third kappa shape index (κ3) is 4.03. The van der Waals surface area contributed by atoms with Crippen LogP contribution in [0.25, 0.3) is 0 Å². The van der Waals surface area contributed by atoms with Gasteiger partial charge in [-0.2, -0.15) is 0 Å². The van der Waals surface area contributed by atoms with Crippen LogP contribution in [0, 0.1) is 12.8 Å². The van der Waals surface area contributed by atoms with Gasteiger partial charge in [0.25, 0.3) is 0 Å². The molecule has 2 saturated heterocycles. The van der Waals surface area contributed by atoms with E-state index in [-0.39, 0.29) is 24.2 Å². The van der Waals surface area contributed by atoms with Crippen LogP contribution < -0.4 is 10.2 Å². The molecular formula is C23H27N3O2. The van der Waals surface area contributed by atoms with E-state index in [0.717, 1.165) is 30.0 Å². The van der Waals surface area contributed by atoms with E-state index in [9.17, 15) is 9.59 Å². The first-order valence-electron chi connectivity index (χ1n) is 10.1. The lowest BCUT2D eigenvalue weighted by Gasteiger charge is -2.22. The van der Waals surface area contributed by atoms with Crippen LogP contribution in [0.15, 0.2) is 48.5 Å². The number of anilines is 2. The number of benzene rings is 2. The topological polar surface area (TPSA) is 52.7 Å². The van der Waals surface area contributed by atoms with Gasteiger partial charge in [-0.05, 0) is 37.5 Å². The molecule has 0 unspecified atom stereocenters. The zero-order valence-corrected chi connectivity index (χ0v) is 16.4. The molecule has 0 aliphatic carbocycles. The van der Waals surface area contributed by atoms with Crippen LogP contribution in [0.5, 0.6) is 0 Å². The Morgan fingerprint density at radius 1 is 1.07 bits per heavy atom. The van der Waals surface area contributed by atoms with Gasteiger partial charge in [0.2, 0.25) is 11.8 Å². The summed E-state index contributed by atoms with van der Waals surface area (Å²) in [4.78, 5) is 29.4. The van der Waals surface area contributed by atoms with Gasteiger partial charge >= 0.3 is 0 Å². The quantitative estimate of drug-likeness (QED) is 0.866. The Morgan fingerprint density at radius 2 is 1.79 bits per heavy atom. The molecule has 1 atom stereocenters. The van der Waals surface area contributed by atoms with Crippen molar-refractivity contribution in [2.24, 2.45) is 5.92 Å². The maximum Gasteiger partial charge on any atom is 0.229 e. The number of carbonyl (C=O) groups excluding carboxylic acids is 2. The first-order valence-corrected chi connectivity index (χ1v) is 10.1. The summed E-state index contributed by atoms with van der Waals surface area (Å²) in [5, 5.41) is 3.08. The molecule has 0 saturated carbocycles. The summed E-state index contributed by atoms with van der Waals surface area (Å²) < 4.78 is 0. The Hall–Kier alpha value is -2.82. The zero-order valence-electron chi connectivity index (χ0n) is 16.4. The van der Waals surface area contributed by atoms with Crippen molar-refractivity contribution < 1.29 is 9.59 Å². The Kier molecular flexibility index (Phi) is 5.33. The van der Waals surface area contributed by atoms with Gasteiger partial charge in [0.15, 0.2) is 0 Å². The van der Waals surface area contributed by atoms with Crippen LogP contribution in [0.2, 0.25) is 0 Å². The maximum absolute atomic E-state index is 12.9. The summed E-state index contributed by atoms with van der Waals surface area (Å²) in [6, 6.07) is 16.1. The number of amides is 2. The molecular weight excluding hydrogens is 350 g/mol. The fraction of sp³-hybridized carbons (Fsp3) is 0.391. The molecule has 0 spiro atoms. The van der Waals surface area contributed by atoms with E-state index >= 15 is 0 Å². The highest BCUT2D eigenvalue weighted by atomic mass is 16.2. The van der Waals surface area contributed by atoms with Crippen LogP contribution in [0.3, 0.4) is 0 Å². The average molecular weight is 377 g/mol. The number of nitrogens with zero attached hydrogens (tertiary/aromatic N) is 2. The second-order valence-electron chi connectivity index (χ2n) is 7.86. The third-order valence-corrected chi connectivity index (χ3v) is 5.69. The summed E-state index contributed by atoms with van der Waals surface area (Å²) in [5.74, 6) is -0.315. The highest BCUT2D eigenvalue weighted by Crippen LogP contribution is 2.30. The van der Waals surface area contributed by atoms with Crippen molar-refractivity contribution in [1.29, 1.82) is 0 Å². The summed E-state index contributed by atoms with van der Waals surface area (Å²) in [6.07, 6.45) is 2.66. The fourth-order valence-electron chi connectivity index (χ4n) is 4.06. The maximum atomic E-state index is 12.9. The highest BCUT2D eigenvalue weighted by Gasteiger charge is 2.34. The van der Waals surface area contributed by atoms with Gasteiger partial charge in [-0.15, -0.1) is 0 Å². The molecule has 2 heterocycles. The van der Waals surface area contributed by atoms with Crippen LogP contribution in [0.1, 0.15) is 30.4 Å². The minimum Gasteiger partial charge on any atom is -0.370 e. The predicted molar refractivity (Wildman–Crippen MR) is 111 cm³/mol. The summed E-state index contributed by atoms with van der Waals surface area (Å²) in [7, 11) is 0. The van der Waals surface area contributed by atoms with E-state index < -0.39 is 0 Å². The molecule has 2 aliphatic rings. The van der Waals surface area contributed by atoms with Gasteiger partial charge in [0.1, 0.15) is 0 Å². The number of rotatable bonds is 5. The number of para-hydroxylation sites is 2. The van der Waals surface area contributed by atoms with Crippen molar-refractivity contribution in [2.45, 2.75) is 32.7 Å². The second kappa shape index (κ2) is 8.05. The molecule has 2 aliphatic heterocycles. The summed E-state index contributed by atoms with van der Waals surface area (Å²) >= 11 is 0. The van der Waals surface area contributed by atoms with E-state index in [4.69, 9.17) is 0 Å². The normalized spacial score (nSPS) is 19.3. The van der Waals surface area contributed by atoms with Crippen LogP contribution >= 0.6 is 0 Å². The van der Waals surface area contributed by atoms with E-state index in [2.05, 4.69) is 28.4 Å². The molecule has 4 rings (SSSR count). The second-order valence-corrected chi connectivity index (χ2v) is 7.86. The molecule has 28 heavy (non-hydrogen) atoms. The van der Waals surface area contributed by atoms with E-state index in [1.54, 1.807) is 4.90 Å². The zero-order chi connectivity index (χ0) is 19.5. The molecule has 2 amide bonds. The molecule has 0 radical (unpaired) electrons. The minimum atomic E-state index is -0.301. The largest absolute Gasteiger partial charge is 0.370 e. The van der Waals surface area contributed by atoms with Crippen molar-refractivity contribution in [2.75, 3.05) is 29.9 Å². The van der Waals surface area contributed by atoms with Crippen molar-refractivity contribution in [3.63, 3.8) is 0 Å². The smallest absolute Gasteiger partial charge is 0.229 e. The third-order valence-electron chi connectivity index (χ3n) is 5.69. The molecule has 0 aromatic heterocycles. The van der Waals surface area contributed by atoms with Gasteiger partial charge in [-0.1, -0.05) is 42.0 Å². The average Bonchev–Trinajstić information content (AvgIpc) is 3.35. The van der Waals surface area contributed by atoms with Gasteiger partial charge < -0.3 is 15.1 Å². The molecule has 2 fully saturated rings. The van der Waals surface area contributed by atoms with Crippen molar-refractivity contribution >= 4 is 23.2 Å². The predicted octanol–water partition coefficient (Wildman–Crippen LogP) is 3.58. The molecule has 5 heteroatoms. The van der Waals surface area contributed by atoms with E-state index in [1.807, 2.05) is 37.3 Å². The van der Waals surface area contributed by atoms with E-state index in [1.165, 1.54) is 18.4 Å². The summed E-state index contributed by atoms with van der Waals surface area (Å²) in [5.41, 5.74) is 4.22. The Morgan fingerprint density at radius 3 is 2.54 bits per heavy atom. The van der Waals surface area contributed by atoms with Gasteiger partial charge in [-0.25, -0.2) is 0 Å². The standard InChI is InChI=1S/C23H27N3O2/c1-17-8-10-18(11-9-17)15-26-16-19(14-22(26)27)23(28)24-20-6-2-3-7-21(20)25-12-4-5-13-25/h2-3,6-11,19H,4-5,12-16H2,1H3,(H,24,28)/t19-/m0/s1. The van der Waals surface area contributed by atoms with Crippen LogP contribution in [-0.2, 0) is 16.1 Å². The van der Waals surface area contributed by atoms with Crippen molar-refractivity contribution in [1.82, 2.24) is 4.90 Å². The number of hydrogen-bond donors (Lipinski definition) is 1. The molecule has 1 N–H and O–H groups in total. The monoisotopic (exact) mass is 377 g/mol. The number of likely N-dealkylation sites (tertiary alicyclic amines) is 1. The minimum absolute atomic E-state index is 0.0496. The molecule has 0 bridgehead atoms. The Bertz CT molecular complexity index is 856. The number of carbonyl (C=O) groups is 2. The summed E-state index contributed by atoms with van der Waals surface area (Å²) in [6.45, 7) is 5.14. The lowest BCUT2D eigenvalue weighted by molar-refractivity contribution is -0.128. The van der Waals surface area contributed by atoms with Gasteiger partial charge in [0, 0.05) is 32.6 Å². The molecule has 5 nitrogen and oxygen atoms in total. The lowest BCUT2D eigenvalue weighted by Crippen LogP contribution is -2.28. The molecule has 2 aromatic rings. The first kappa shape index (κ1) is 18.5. The number of aryl methyl sites for hydroxylation is 1. The van der Waals surface area contributed by atoms with Crippen LogP contribution in [0.4, 0.5) is 11.4 Å². The van der Waals surface area contributed by atoms with Crippen molar-refractivity contribution in [3.8, 4) is 0 Å². The highest BCUT2D eigenvalue weighted by molar-refractivity contribution is 5.99. The Balaban J connectivity index is 1.41. The lowest BCUT2D eigenvalue weighted by atomic mass is 10.1. The first-order chi connectivity index (χ1) is 13.6. The Labute approximate surface area is 166 Å². The van der Waals surface area contributed by atoms with Crippen LogP contribution in [-0.4, -0.2) is 36.3 Å². The molecule has 146 valence electrons. The number of nitrogens with one attached hydrogen (secondary N) is 1.